The highest BCUT2D eigenvalue weighted by Gasteiger charge is 2.50. The summed E-state index contributed by atoms with van der Waals surface area (Å²) in [5.41, 5.74) is 1.51. The zero-order valence-electron chi connectivity index (χ0n) is 21.0. The highest BCUT2D eigenvalue weighted by Crippen LogP contribution is 2.46. The van der Waals surface area contributed by atoms with E-state index >= 15 is 0 Å². The molecule has 0 saturated carbocycles. The van der Waals surface area contributed by atoms with Crippen LogP contribution in [0.25, 0.3) is 0 Å². The van der Waals surface area contributed by atoms with Gasteiger partial charge in [0.1, 0.15) is 6.04 Å². The molecule has 3 atom stereocenters. The number of likely N-dealkylation sites (tertiary alicyclic amines) is 1. The van der Waals surface area contributed by atoms with Gasteiger partial charge in [-0.25, -0.2) is 0 Å². The molecule has 1 saturated heterocycles. The number of piperidine rings is 1. The number of halogens is 1. The van der Waals surface area contributed by atoms with Crippen LogP contribution in [0, 0.1) is 11.3 Å². The Morgan fingerprint density at radius 3 is 2.40 bits per heavy atom. The van der Waals surface area contributed by atoms with Gasteiger partial charge in [-0.05, 0) is 47.6 Å². The fraction of sp³-hybridized carbons (Fsp3) is 0.500. The van der Waals surface area contributed by atoms with Crippen LogP contribution in [-0.4, -0.2) is 47.0 Å². The van der Waals surface area contributed by atoms with Crippen LogP contribution in [0.3, 0.4) is 0 Å². The van der Waals surface area contributed by atoms with Gasteiger partial charge in [0, 0.05) is 30.1 Å². The van der Waals surface area contributed by atoms with E-state index in [1.165, 1.54) is 5.56 Å². The molecule has 7 heteroatoms. The minimum absolute atomic E-state index is 0.0671. The number of nitrogens with one attached hydrogen (secondary N) is 2. The van der Waals surface area contributed by atoms with Crippen molar-refractivity contribution in [1.82, 2.24) is 15.5 Å². The molecule has 2 heterocycles. The molecule has 3 N–H and O–H groups in total. The first-order chi connectivity index (χ1) is 16.5. The number of benzene rings is 2. The lowest BCUT2D eigenvalue weighted by molar-refractivity contribution is -0.156. The minimum atomic E-state index is -1.08. The molecule has 6 nitrogen and oxygen atoms in total. The molecule has 4 rings (SSSR count). The summed E-state index contributed by atoms with van der Waals surface area (Å²) in [6.07, 6.45) is 1.01. The van der Waals surface area contributed by atoms with Gasteiger partial charge in [-0.2, -0.15) is 0 Å². The molecule has 1 fully saturated rings. The normalized spacial score (nSPS) is 24.5. The van der Waals surface area contributed by atoms with Crippen LogP contribution < -0.4 is 10.6 Å². The molecule has 0 radical (unpaired) electrons. The zero-order chi connectivity index (χ0) is 25.4. The van der Waals surface area contributed by atoms with Crippen molar-refractivity contribution in [3.8, 4) is 0 Å². The topological polar surface area (TPSA) is 81.7 Å². The lowest BCUT2D eigenvalue weighted by atomic mass is 9.66. The van der Waals surface area contributed by atoms with Crippen LogP contribution in [0.5, 0.6) is 0 Å². The van der Waals surface area contributed by atoms with Crippen molar-refractivity contribution in [2.24, 2.45) is 11.3 Å². The first kappa shape index (κ1) is 25.7. The maximum absolute atomic E-state index is 13.6. The third-order valence-corrected chi connectivity index (χ3v) is 7.96. The largest absolute Gasteiger partial charge is 0.384 e. The minimum Gasteiger partial charge on any atom is -0.384 e. The van der Waals surface area contributed by atoms with Gasteiger partial charge in [-0.3, -0.25) is 9.59 Å². The SMILES string of the molecule is CC(C)[C@@H](NC(=O)[C@@H]1Cc2ccccc2CN1)C(=O)N1CC[C@](O)(c2ccc(Cl)cc2)C(C)(C)C1. The van der Waals surface area contributed by atoms with Crippen molar-refractivity contribution >= 4 is 23.4 Å². The third-order valence-electron chi connectivity index (χ3n) is 7.71. The van der Waals surface area contributed by atoms with E-state index in [9.17, 15) is 14.7 Å². The van der Waals surface area contributed by atoms with Crippen LogP contribution in [0.2, 0.25) is 5.02 Å². The fourth-order valence-electron chi connectivity index (χ4n) is 5.37. The Labute approximate surface area is 213 Å². The summed E-state index contributed by atoms with van der Waals surface area (Å²) in [5, 5.41) is 18.6. The van der Waals surface area contributed by atoms with E-state index in [-0.39, 0.29) is 23.8 Å². The van der Waals surface area contributed by atoms with Crippen molar-refractivity contribution in [2.45, 2.75) is 64.8 Å². The van der Waals surface area contributed by atoms with Crippen molar-refractivity contribution in [1.29, 1.82) is 0 Å². The van der Waals surface area contributed by atoms with Gasteiger partial charge in [0.25, 0.3) is 0 Å². The molecular weight excluding hydrogens is 462 g/mol. The number of rotatable bonds is 5. The van der Waals surface area contributed by atoms with Crippen molar-refractivity contribution in [2.75, 3.05) is 13.1 Å². The molecule has 2 aromatic rings. The highest BCUT2D eigenvalue weighted by molar-refractivity contribution is 6.30. The van der Waals surface area contributed by atoms with Gasteiger partial charge in [-0.1, -0.05) is 75.7 Å². The van der Waals surface area contributed by atoms with Gasteiger partial charge in [0.2, 0.25) is 11.8 Å². The molecule has 0 bridgehead atoms. The van der Waals surface area contributed by atoms with Crippen molar-refractivity contribution in [3.63, 3.8) is 0 Å². The molecule has 2 amide bonds. The van der Waals surface area contributed by atoms with Crippen molar-refractivity contribution in [3.05, 3.63) is 70.2 Å². The number of aliphatic hydroxyl groups is 1. The van der Waals surface area contributed by atoms with Crippen LogP contribution in [0.4, 0.5) is 0 Å². The molecule has 0 aliphatic carbocycles. The van der Waals surface area contributed by atoms with Crippen molar-refractivity contribution < 1.29 is 14.7 Å². The van der Waals surface area contributed by atoms with E-state index < -0.39 is 17.1 Å². The molecule has 0 spiro atoms. The Hall–Kier alpha value is -2.41. The lowest BCUT2D eigenvalue weighted by Crippen LogP contribution is -2.61. The Balaban J connectivity index is 1.45. The quantitative estimate of drug-likeness (QED) is 0.589. The predicted octanol–water partition coefficient (Wildman–Crippen LogP) is 3.64. The second kappa shape index (κ2) is 9.92. The van der Waals surface area contributed by atoms with E-state index in [0.29, 0.717) is 37.5 Å². The van der Waals surface area contributed by atoms with E-state index in [0.717, 1.165) is 11.1 Å². The number of hydrogen-bond donors (Lipinski definition) is 3. The average molecular weight is 498 g/mol. The molecule has 2 aromatic carbocycles. The molecule has 2 aliphatic heterocycles. The molecule has 0 unspecified atom stereocenters. The van der Waals surface area contributed by atoms with Gasteiger partial charge in [0.05, 0.1) is 11.6 Å². The van der Waals surface area contributed by atoms with Gasteiger partial charge in [-0.15, -0.1) is 0 Å². The number of nitrogens with zero attached hydrogens (tertiary/aromatic N) is 1. The Kier molecular flexibility index (Phi) is 7.28. The maximum Gasteiger partial charge on any atom is 0.245 e. The fourth-order valence-corrected chi connectivity index (χ4v) is 5.50. The van der Waals surface area contributed by atoms with Crippen LogP contribution in [-0.2, 0) is 28.2 Å². The standard InChI is InChI=1S/C28H36ClN3O3/c1-18(2)24(31-25(33)23-15-19-7-5-6-8-20(19)16-30-23)26(34)32-14-13-28(35,27(3,4)17-32)21-9-11-22(29)12-10-21/h5-12,18,23-24,30,35H,13-17H2,1-4H3,(H,31,33)/t23-,24+,28-/m0/s1. The van der Waals surface area contributed by atoms with Crippen LogP contribution in [0.1, 0.15) is 50.8 Å². The summed E-state index contributed by atoms with van der Waals surface area (Å²) in [6.45, 7) is 9.30. The summed E-state index contributed by atoms with van der Waals surface area (Å²) in [6, 6.07) is 14.4. The van der Waals surface area contributed by atoms with E-state index in [2.05, 4.69) is 22.8 Å². The summed E-state index contributed by atoms with van der Waals surface area (Å²) < 4.78 is 0. The van der Waals surface area contributed by atoms with Gasteiger partial charge < -0.3 is 20.6 Å². The van der Waals surface area contributed by atoms with Gasteiger partial charge in [0.15, 0.2) is 0 Å². The first-order valence-electron chi connectivity index (χ1n) is 12.4. The number of hydrogen-bond acceptors (Lipinski definition) is 4. The smallest absolute Gasteiger partial charge is 0.245 e. The summed E-state index contributed by atoms with van der Waals surface area (Å²) >= 11 is 6.05. The first-order valence-corrected chi connectivity index (χ1v) is 12.8. The zero-order valence-corrected chi connectivity index (χ0v) is 21.7. The Bertz CT molecular complexity index is 1090. The highest BCUT2D eigenvalue weighted by atomic mass is 35.5. The van der Waals surface area contributed by atoms with Crippen LogP contribution >= 0.6 is 11.6 Å². The summed E-state index contributed by atoms with van der Waals surface area (Å²) in [4.78, 5) is 28.6. The van der Waals surface area contributed by atoms with E-state index in [1.807, 2.05) is 52.0 Å². The van der Waals surface area contributed by atoms with Crippen LogP contribution in [0.15, 0.2) is 48.5 Å². The molecule has 2 aliphatic rings. The third kappa shape index (κ3) is 5.11. The predicted molar refractivity (Wildman–Crippen MR) is 138 cm³/mol. The molecular formula is C28H36ClN3O3. The Morgan fingerprint density at radius 1 is 1.11 bits per heavy atom. The molecule has 35 heavy (non-hydrogen) atoms. The second-order valence-corrected chi connectivity index (χ2v) is 11.3. The number of carbonyl (C=O) groups is 2. The van der Waals surface area contributed by atoms with E-state index in [1.54, 1.807) is 17.0 Å². The number of amides is 2. The molecule has 188 valence electrons. The summed E-state index contributed by atoms with van der Waals surface area (Å²) in [5.74, 6) is -0.321. The number of fused-ring (bicyclic) bond motifs is 1. The molecule has 0 aromatic heterocycles. The second-order valence-electron chi connectivity index (χ2n) is 10.9. The van der Waals surface area contributed by atoms with E-state index in [4.69, 9.17) is 11.6 Å². The summed E-state index contributed by atoms with van der Waals surface area (Å²) in [7, 11) is 0. The lowest BCUT2D eigenvalue weighted by Gasteiger charge is -2.51. The monoisotopic (exact) mass is 497 g/mol. The Morgan fingerprint density at radius 2 is 1.77 bits per heavy atom. The maximum atomic E-state index is 13.6. The van der Waals surface area contributed by atoms with Gasteiger partial charge >= 0.3 is 0 Å². The average Bonchev–Trinajstić information content (AvgIpc) is 2.83. The number of carbonyl (C=O) groups excluding carboxylic acids is 2.